The van der Waals surface area contributed by atoms with E-state index in [1.54, 1.807) is 6.20 Å². The van der Waals surface area contributed by atoms with Gasteiger partial charge in [0.15, 0.2) is 11.6 Å². The summed E-state index contributed by atoms with van der Waals surface area (Å²) in [5, 5.41) is 3.18. The number of rotatable bonds is 5. The van der Waals surface area contributed by atoms with E-state index in [1.807, 2.05) is 0 Å². The number of anilines is 1. The monoisotopic (exact) mass is 475 g/mol. The van der Waals surface area contributed by atoms with Gasteiger partial charge in [0.2, 0.25) is 0 Å². The number of nitrogens with two attached hydrogens (primary N) is 1. The second-order valence-corrected chi connectivity index (χ2v) is 9.42. The third-order valence-electron chi connectivity index (χ3n) is 5.79. The summed E-state index contributed by atoms with van der Waals surface area (Å²) in [5.74, 6) is -1.02. The maximum atomic E-state index is 15.0. The van der Waals surface area contributed by atoms with Crippen LogP contribution < -0.4 is 11.1 Å². The van der Waals surface area contributed by atoms with E-state index in [2.05, 4.69) is 20.3 Å². The number of fused-ring (bicyclic) bond motifs is 1. The molecule has 5 rings (SSSR count). The molecule has 1 aliphatic carbocycles. The van der Waals surface area contributed by atoms with Crippen molar-refractivity contribution >= 4 is 40.1 Å². The SMILES string of the molecule is NC1=N[C@](CF)(c2cc(NC(=O)c3ccc(Cl)cn3)ccc2F)[C@@H]2C[C@]2(c2cnco2)S1. The molecule has 1 amide bonds. The summed E-state index contributed by atoms with van der Waals surface area (Å²) >= 11 is 7.07. The predicted molar refractivity (Wildman–Crippen MR) is 117 cm³/mol. The average molecular weight is 476 g/mol. The molecule has 2 aliphatic rings. The first kappa shape index (κ1) is 20.9. The van der Waals surface area contributed by atoms with Crippen molar-refractivity contribution < 1.29 is 18.0 Å². The van der Waals surface area contributed by atoms with Crippen molar-refractivity contribution in [3.63, 3.8) is 0 Å². The molecule has 3 aromatic rings. The standard InChI is InChI=1S/C21H16ClF2N5O2S/c22-11-1-4-15(27-7-11)18(30)28-12-2-3-14(24)13(5-12)20(9-23)16-6-21(16,32-19(25)29-20)17-8-26-10-31-17/h1-5,7-8,10,16H,6,9H2,(H2,25,29)(H,28,30)/t16-,20+,21-/m0/s1. The third kappa shape index (κ3) is 3.25. The van der Waals surface area contributed by atoms with E-state index in [-0.39, 0.29) is 22.1 Å². The van der Waals surface area contributed by atoms with E-state index in [1.165, 1.54) is 54.7 Å². The first-order valence-electron chi connectivity index (χ1n) is 9.60. The van der Waals surface area contributed by atoms with E-state index in [4.69, 9.17) is 21.8 Å². The fraction of sp³-hybridized carbons (Fsp3) is 0.238. The van der Waals surface area contributed by atoms with E-state index < -0.39 is 34.6 Å². The average Bonchev–Trinajstić information content (AvgIpc) is 3.26. The Hall–Kier alpha value is -2.98. The van der Waals surface area contributed by atoms with Gasteiger partial charge in [-0.25, -0.2) is 23.7 Å². The van der Waals surface area contributed by atoms with Crippen LogP contribution in [0.15, 0.2) is 58.5 Å². The number of carbonyl (C=O) groups excluding carboxylic acids is 1. The molecular formula is C21H16ClF2N5O2S. The Morgan fingerprint density at radius 3 is 2.88 bits per heavy atom. The van der Waals surface area contributed by atoms with Gasteiger partial charge in [-0.3, -0.25) is 4.79 Å². The largest absolute Gasteiger partial charge is 0.447 e. The van der Waals surface area contributed by atoms with E-state index in [0.29, 0.717) is 17.2 Å². The van der Waals surface area contributed by atoms with Gasteiger partial charge in [0.25, 0.3) is 5.91 Å². The topological polar surface area (TPSA) is 106 Å². The van der Waals surface area contributed by atoms with Gasteiger partial charge in [0, 0.05) is 23.4 Å². The highest BCUT2D eigenvalue weighted by atomic mass is 35.5. The molecule has 2 aromatic heterocycles. The van der Waals surface area contributed by atoms with Crippen molar-refractivity contribution in [2.24, 2.45) is 16.6 Å². The first-order chi connectivity index (χ1) is 15.4. The lowest BCUT2D eigenvalue weighted by atomic mass is 9.84. The van der Waals surface area contributed by atoms with Crippen molar-refractivity contribution in [1.82, 2.24) is 9.97 Å². The van der Waals surface area contributed by atoms with Gasteiger partial charge in [-0.1, -0.05) is 23.4 Å². The number of amides is 1. The molecule has 1 aromatic carbocycles. The number of hydrogen-bond donors (Lipinski definition) is 2. The molecule has 1 aliphatic heterocycles. The van der Waals surface area contributed by atoms with Crippen LogP contribution in [0.25, 0.3) is 0 Å². The number of alkyl halides is 1. The van der Waals surface area contributed by atoms with E-state index in [0.717, 1.165) is 0 Å². The summed E-state index contributed by atoms with van der Waals surface area (Å²) in [7, 11) is 0. The normalized spacial score (nSPS) is 26.2. The molecule has 1 fully saturated rings. The second-order valence-electron chi connectivity index (χ2n) is 7.63. The Balaban J connectivity index is 1.51. The number of pyridine rings is 1. The molecule has 11 heteroatoms. The molecule has 32 heavy (non-hydrogen) atoms. The van der Waals surface area contributed by atoms with E-state index >= 15 is 4.39 Å². The molecular weight excluding hydrogens is 460 g/mol. The minimum Gasteiger partial charge on any atom is -0.447 e. The van der Waals surface area contributed by atoms with Crippen LogP contribution in [-0.4, -0.2) is 27.7 Å². The molecule has 0 saturated heterocycles. The molecule has 7 nitrogen and oxygen atoms in total. The van der Waals surface area contributed by atoms with Crippen molar-refractivity contribution in [2.45, 2.75) is 16.7 Å². The minimum absolute atomic E-state index is 0.0107. The fourth-order valence-electron chi connectivity index (χ4n) is 4.23. The molecule has 3 N–H and O–H groups in total. The number of nitrogens with zero attached hydrogens (tertiary/aromatic N) is 3. The zero-order valence-electron chi connectivity index (χ0n) is 16.4. The lowest BCUT2D eigenvalue weighted by Gasteiger charge is -2.34. The summed E-state index contributed by atoms with van der Waals surface area (Å²) in [6, 6.07) is 6.94. The van der Waals surface area contributed by atoms with Crippen molar-refractivity contribution in [3.8, 4) is 0 Å². The molecule has 3 heterocycles. The van der Waals surface area contributed by atoms with Gasteiger partial charge < -0.3 is 15.5 Å². The maximum absolute atomic E-state index is 15.0. The number of thioether (sulfide) groups is 1. The van der Waals surface area contributed by atoms with Crippen LogP contribution in [0.5, 0.6) is 0 Å². The van der Waals surface area contributed by atoms with Crippen LogP contribution in [0.2, 0.25) is 5.02 Å². The number of halogens is 3. The number of nitrogens with one attached hydrogen (secondary N) is 1. The van der Waals surface area contributed by atoms with Crippen molar-refractivity contribution in [2.75, 3.05) is 12.0 Å². The van der Waals surface area contributed by atoms with Gasteiger partial charge >= 0.3 is 0 Å². The summed E-state index contributed by atoms with van der Waals surface area (Å²) in [4.78, 5) is 24.8. The van der Waals surface area contributed by atoms with Crippen molar-refractivity contribution in [3.05, 3.63) is 77.0 Å². The molecule has 164 valence electrons. The van der Waals surface area contributed by atoms with Crippen molar-refractivity contribution in [1.29, 1.82) is 0 Å². The Morgan fingerprint density at radius 2 is 2.19 bits per heavy atom. The highest BCUT2D eigenvalue weighted by molar-refractivity contribution is 8.14. The van der Waals surface area contributed by atoms with Crippen LogP contribution >= 0.6 is 23.4 Å². The summed E-state index contributed by atoms with van der Waals surface area (Å²) < 4.78 is 34.5. The summed E-state index contributed by atoms with van der Waals surface area (Å²) in [5.41, 5.74) is 4.92. The predicted octanol–water partition coefficient (Wildman–Crippen LogP) is 4.26. The number of oxazole rings is 1. The number of hydrogen-bond acceptors (Lipinski definition) is 7. The van der Waals surface area contributed by atoms with Crippen LogP contribution in [0, 0.1) is 11.7 Å². The number of amidine groups is 1. The van der Waals surface area contributed by atoms with Crippen LogP contribution in [0.3, 0.4) is 0 Å². The lowest BCUT2D eigenvalue weighted by molar-refractivity contribution is 0.102. The Bertz CT molecular complexity index is 1220. The molecule has 0 bridgehead atoms. The number of aromatic nitrogens is 2. The number of aliphatic imine (C=N–C) groups is 1. The molecule has 3 atom stereocenters. The molecule has 0 unspecified atom stereocenters. The molecule has 1 saturated carbocycles. The highest BCUT2D eigenvalue weighted by Crippen LogP contribution is 2.71. The fourth-order valence-corrected chi connectivity index (χ4v) is 5.71. The van der Waals surface area contributed by atoms with Gasteiger partial charge in [0.1, 0.15) is 29.5 Å². The van der Waals surface area contributed by atoms with Crippen LogP contribution in [-0.2, 0) is 10.3 Å². The zero-order valence-corrected chi connectivity index (χ0v) is 18.0. The molecule has 0 spiro atoms. The van der Waals surface area contributed by atoms with Gasteiger partial charge in [0.05, 0.1) is 16.0 Å². The lowest BCUT2D eigenvalue weighted by Crippen LogP contribution is -2.39. The number of benzene rings is 1. The van der Waals surface area contributed by atoms with Gasteiger partial charge in [-0.2, -0.15) is 0 Å². The van der Waals surface area contributed by atoms with Gasteiger partial charge in [-0.05, 0) is 36.8 Å². The second kappa shape index (κ2) is 7.56. The smallest absolute Gasteiger partial charge is 0.274 e. The maximum Gasteiger partial charge on any atom is 0.274 e. The third-order valence-corrected chi connectivity index (χ3v) is 7.33. The minimum atomic E-state index is -1.55. The van der Waals surface area contributed by atoms with Crippen LogP contribution in [0.4, 0.5) is 14.5 Å². The first-order valence-corrected chi connectivity index (χ1v) is 10.8. The summed E-state index contributed by atoms with van der Waals surface area (Å²) in [6.45, 7) is -0.970. The summed E-state index contributed by atoms with van der Waals surface area (Å²) in [6.07, 6.45) is 4.69. The molecule has 0 radical (unpaired) electrons. The van der Waals surface area contributed by atoms with Gasteiger partial charge in [-0.15, -0.1) is 0 Å². The van der Waals surface area contributed by atoms with E-state index in [9.17, 15) is 9.18 Å². The Kier molecular flexibility index (Phi) is 4.94. The Labute approximate surface area is 190 Å². The highest BCUT2D eigenvalue weighted by Gasteiger charge is 2.70. The quantitative estimate of drug-likeness (QED) is 0.571. The van der Waals surface area contributed by atoms with Crippen LogP contribution in [0.1, 0.15) is 28.2 Å². The number of carbonyl (C=O) groups is 1. The Morgan fingerprint density at radius 1 is 1.34 bits per heavy atom. The zero-order chi connectivity index (χ0) is 22.5.